The second-order valence-electron chi connectivity index (χ2n) is 9.93. The Morgan fingerprint density at radius 3 is 2.22 bits per heavy atom. The van der Waals surface area contributed by atoms with Crippen LogP contribution in [-0.4, -0.2) is 18.2 Å². The molecular formula is C33H36N2O2. The minimum absolute atomic E-state index is 0.00470. The fraction of sp³-hybridized carbons (Fsp3) is 0.273. The third-order valence-electron chi connectivity index (χ3n) is 7.51. The fourth-order valence-corrected chi connectivity index (χ4v) is 5.46. The standard InChI is InChI=1S/C33H36N2O2/c1-6-35(7-2)25-13-14-27-32(18-25)37-31-17-23(5)30(34-29-15-12-21(3)16-22(29)4)19-28(31)33(27)26-11-9-8-10-24(26)20-36/h8-19,33-34,36H,6-7,20H2,1-5H3. The maximum absolute atomic E-state index is 10.2. The van der Waals surface area contributed by atoms with Gasteiger partial charge < -0.3 is 20.1 Å². The van der Waals surface area contributed by atoms with Crippen molar-refractivity contribution < 1.29 is 9.84 Å². The number of anilines is 3. The zero-order valence-electron chi connectivity index (χ0n) is 22.4. The van der Waals surface area contributed by atoms with Crippen LogP contribution in [0.15, 0.2) is 72.8 Å². The second kappa shape index (κ2) is 10.3. The molecule has 0 fully saturated rings. The first-order valence-electron chi connectivity index (χ1n) is 13.2. The summed E-state index contributed by atoms with van der Waals surface area (Å²) in [7, 11) is 0. The van der Waals surface area contributed by atoms with Gasteiger partial charge in [0, 0.05) is 53.3 Å². The second-order valence-corrected chi connectivity index (χ2v) is 9.93. The Morgan fingerprint density at radius 1 is 0.757 bits per heavy atom. The molecular weight excluding hydrogens is 456 g/mol. The molecule has 4 heteroatoms. The van der Waals surface area contributed by atoms with E-state index in [1.807, 2.05) is 12.1 Å². The van der Waals surface area contributed by atoms with Gasteiger partial charge in [0.15, 0.2) is 0 Å². The lowest BCUT2D eigenvalue weighted by atomic mass is 9.80. The van der Waals surface area contributed by atoms with E-state index < -0.39 is 0 Å². The summed E-state index contributed by atoms with van der Waals surface area (Å²) in [6, 6.07) is 25.6. The molecule has 0 aromatic heterocycles. The molecule has 1 aliphatic rings. The molecule has 4 aromatic rings. The van der Waals surface area contributed by atoms with Crippen molar-refractivity contribution in [1.82, 2.24) is 0 Å². The number of aryl methyl sites for hydroxylation is 3. The highest BCUT2D eigenvalue weighted by atomic mass is 16.5. The highest BCUT2D eigenvalue weighted by Gasteiger charge is 2.31. The lowest BCUT2D eigenvalue weighted by Gasteiger charge is -2.32. The number of hydrogen-bond acceptors (Lipinski definition) is 4. The van der Waals surface area contributed by atoms with E-state index in [0.717, 1.165) is 69.5 Å². The van der Waals surface area contributed by atoms with Gasteiger partial charge in [-0.2, -0.15) is 0 Å². The van der Waals surface area contributed by atoms with Crippen molar-refractivity contribution in [2.75, 3.05) is 23.3 Å². The van der Waals surface area contributed by atoms with Crippen LogP contribution >= 0.6 is 0 Å². The lowest BCUT2D eigenvalue weighted by Crippen LogP contribution is -2.22. The highest BCUT2D eigenvalue weighted by molar-refractivity contribution is 5.72. The zero-order valence-corrected chi connectivity index (χ0v) is 22.4. The van der Waals surface area contributed by atoms with E-state index in [0.29, 0.717) is 0 Å². The first-order chi connectivity index (χ1) is 17.9. The first-order valence-corrected chi connectivity index (χ1v) is 13.2. The Kier molecular flexibility index (Phi) is 6.94. The van der Waals surface area contributed by atoms with Gasteiger partial charge in [0.1, 0.15) is 11.5 Å². The molecule has 0 saturated carbocycles. The normalized spacial score (nSPS) is 13.9. The molecule has 1 aliphatic heterocycles. The van der Waals surface area contributed by atoms with Gasteiger partial charge in [-0.05, 0) is 81.1 Å². The molecule has 2 N–H and O–H groups in total. The summed E-state index contributed by atoms with van der Waals surface area (Å²) in [6.45, 7) is 12.6. The summed E-state index contributed by atoms with van der Waals surface area (Å²) in [4.78, 5) is 2.33. The molecule has 0 aliphatic carbocycles. The minimum Gasteiger partial charge on any atom is -0.457 e. The maximum atomic E-state index is 10.2. The third kappa shape index (κ3) is 4.70. The number of nitrogens with one attached hydrogen (secondary N) is 1. The van der Waals surface area contributed by atoms with Gasteiger partial charge in [-0.1, -0.05) is 48.0 Å². The van der Waals surface area contributed by atoms with E-state index in [-0.39, 0.29) is 12.5 Å². The van der Waals surface area contributed by atoms with Crippen molar-refractivity contribution >= 4 is 17.1 Å². The minimum atomic E-state index is -0.0480. The number of aliphatic hydroxyl groups excluding tert-OH is 1. The van der Waals surface area contributed by atoms with Gasteiger partial charge >= 0.3 is 0 Å². The van der Waals surface area contributed by atoms with Crippen LogP contribution in [0.25, 0.3) is 0 Å². The predicted octanol–water partition coefficient (Wildman–Crippen LogP) is 7.98. The Morgan fingerprint density at radius 2 is 1.49 bits per heavy atom. The van der Waals surface area contributed by atoms with Gasteiger partial charge in [-0.3, -0.25) is 0 Å². The Hall–Kier alpha value is -3.76. The average molecular weight is 493 g/mol. The van der Waals surface area contributed by atoms with Crippen LogP contribution in [0.1, 0.15) is 58.7 Å². The molecule has 37 heavy (non-hydrogen) atoms. The number of fused-ring (bicyclic) bond motifs is 2. The van der Waals surface area contributed by atoms with Crippen LogP contribution in [0.3, 0.4) is 0 Å². The molecule has 1 heterocycles. The first kappa shape index (κ1) is 24.9. The summed E-state index contributed by atoms with van der Waals surface area (Å²) >= 11 is 0. The van der Waals surface area contributed by atoms with Crippen molar-refractivity contribution in [2.24, 2.45) is 0 Å². The molecule has 1 unspecified atom stereocenters. The monoisotopic (exact) mass is 492 g/mol. The lowest BCUT2D eigenvalue weighted by molar-refractivity contribution is 0.280. The summed E-state index contributed by atoms with van der Waals surface area (Å²) in [5, 5.41) is 13.9. The van der Waals surface area contributed by atoms with E-state index in [9.17, 15) is 5.11 Å². The molecule has 4 aromatic carbocycles. The van der Waals surface area contributed by atoms with Crippen LogP contribution in [-0.2, 0) is 6.61 Å². The Bertz CT molecular complexity index is 1440. The van der Waals surface area contributed by atoms with Gasteiger partial charge in [-0.15, -0.1) is 0 Å². The molecule has 0 radical (unpaired) electrons. The van der Waals surface area contributed by atoms with Crippen molar-refractivity contribution in [3.8, 4) is 11.5 Å². The summed E-state index contributed by atoms with van der Waals surface area (Å²) in [5.41, 5.74) is 11.2. The van der Waals surface area contributed by atoms with Crippen LogP contribution in [0.4, 0.5) is 17.1 Å². The number of benzene rings is 4. The molecule has 0 bridgehead atoms. The number of aliphatic hydroxyl groups is 1. The van der Waals surface area contributed by atoms with Crippen LogP contribution in [0.2, 0.25) is 0 Å². The van der Waals surface area contributed by atoms with Gasteiger partial charge in [0.05, 0.1) is 6.61 Å². The van der Waals surface area contributed by atoms with Crippen molar-refractivity contribution in [3.05, 3.63) is 112 Å². The molecule has 0 spiro atoms. The quantitative estimate of drug-likeness (QED) is 0.242. The molecule has 5 rings (SSSR count). The smallest absolute Gasteiger partial charge is 0.133 e. The third-order valence-corrected chi connectivity index (χ3v) is 7.51. The van der Waals surface area contributed by atoms with Gasteiger partial charge in [0.2, 0.25) is 0 Å². The van der Waals surface area contributed by atoms with Crippen LogP contribution < -0.4 is 15.0 Å². The number of nitrogens with zero attached hydrogens (tertiary/aromatic N) is 1. The topological polar surface area (TPSA) is 44.7 Å². The Labute approximate surface area is 220 Å². The van der Waals surface area contributed by atoms with E-state index in [4.69, 9.17) is 4.74 Å². The number of ether oxygens (including phenoxy) is 1. The number of hydrogen-bond donors (Lipinski definition) is 2. The van der Waals surface area contributed by atoms with E-state index in [1.165, 1.54) is 11.1 Å². The molecule has 0 amide bonds. The predicted molar refractivity (Wildman–Crippen MR) is 154 cm³/mol. The van der Waals surface area contributed by atoms with E-state index in [2.05, 4.69) is 105 Å². The number of rotatable bonds is 7. The largest absolute Gasteiger partial charge is 0.457 e. The van der Waals surface area contributed by atoms with E-state index >= 15 is 0 Å². The molecule has 0 saturated heterocycles. The summed E-state index contributed by atoms with van der Waals surface area (Å²) in [5.74, 6) is 1.70. The maximum Gasteiger partial charge on any atom is 0.133 e. The summed E-state index contributed by atoms with van der Waals surface area (Å²) < 4.78 is 6.59. The van der Waals surface area contributed by atoms with Gasteiger partial charge in [0.25, 0.3) is 0 Å². The highest BCUT2D eigenvalue weighted by Crippen LogP contribution is 2.50. The van der Waals surface area contributed by atoms with Crippen molar-refractivity contribution in [1.29, 1.82) is 0 Å². The molecule has 4 nitrogen and oxygen atoms in total. The van der Waals surface area contributed by atoms with Crippen molar-refractivity contribution in [2.45, 2.75) is 47.1 Å². The van der Waals surface area contributed by atoms with E-state index in [1.54, 1.807) is 0 Å². The zero-order chi connectivity index (χ0) is 26.1. The average Bonchev–Trinajstić information content (AvgIpc) is 2.90. The Balaban J connectivity index is 1.67. The van der Waals surface area contributed by atoms with Crippen LogP contribution in [0, 0.1) is 20.8 Å². The van der Waals surface area contributed by atoms with Gasteiger partial charge in [-0.25, -0.2) is 0 Å². The summed E-state index contributed by atoms with van der Waals surface area (Å²) in [6.07, 6.45) is 0. The molecule has 1 atom stereocenters. The van der Waals surface area contributed by atoms with Crippen molar-refractivity contribution in [3.63, 3.8) is 0 Å². The SMILES string of the molecule is CCN(CC)c1ccc2c(c1)Oc1cc(C)c(Nc3ccc(C)cc3C)cc1C2c1ccccc1CO. The van der Waals surface area contributed by atoms with Crippen LogP contribution in [0.5, 0.6) is 11.5 Å². The molecule has 190 valence electrons. The fourth-order valence-electron chi connectivity index (χ4n) is 5.46.